The van der Waals surface area contributed by atoms with Crippen LogP contribution in [0.15, 0.2) is 0 Å². The van der Waals surface area contributed by atoms with E-state index >= 15 is 0 Å². The minimum Gasteiger partial charge on any atom is -0.480 e. The number of carbonyl (C=O) groups is 1. The van der Waals surface area contributed by atoms with Crippen LogP contribution in [-0.4, -0.2) is 37.9 Å². The summed E-state index contributed by atoms with van der Waals surface area (Å²) in [5, 5.41) is 16.3. The SMILES string of the molecule is CCNC(C)(Cn1nc(C)nc1C)C(=O)O. The molecular weight excluding hydrogens is 208 g/mol. The average molecular weight is 226 g/mol. The molecule has 6 nitrogen and oxygen atoms in total. The molecular formula is C10H18N4O2. The van der Waals surface area contributed by atoms with Gasteiger partial charge < -0.3 is 10.4 Å². The molecule has 1 atom stereocenters. The number of rotatable bonds is 5. The van der Waals surface area contributed by atoms with E-state index in [1.165, 1.54) is 0 Å². The van der Waals surface area contributed by atoms with E-state index in [4.69, 9.17) is 0 Å². The number of nitrogens with zero attached hydrogens (tertiary/aromatic N) is 3. The van der Waals surface area contributed by atoms with Crippen molar-refractivity contribution < 1.29 is 9.90 Å². The summed E-state index contributed by atoms with van der Waals surface area (Å²) in [5.41, 5.74) is -1.01. The van der Waals surface area contributed by atoms with Crippen LogP contribution in [0.5, 0.6) is 0 Å². The normalized spacial score (nSPS) is 14.8. The molecule has 0 saturated heterocycles. The van der Waals surface area contributed by atoms with Crippen LogP contribution in [0.3, 0.4) is 0 Å². The molecule has 0 aliphatic rings. The summed E-state index contributed by atoms with van der Waals surface area (Å²) < 4.78 is 1.62. The van der Waals surface area contributed by atoms with Crippen molar-refractivity contribution in [3.63, 3.8) is 0 Å². The Balaban J connectivity index is 2.92. The lowest BCUT2D eigenvalue weighted by Crippen LogP contribution is -2.52. The molecule has 0 radical (unpaired) electrons. The quantitative estimate of drug-likeness (QED) is 0.757. The summed E-state index contributed by atoms with van der Waals surface area (Å²) in [5.74, 6) is 0.492. The molecule has 1 aromatic rings. The molecule has 1 rings (SSSR count). The lowest BCUT2D eigenvalue weighted by Gasteiger charge is -2.25. The van der Waals surface area contributed by atoms with Gasteiger partial charge in [0.2, 0.25) is 0 Å². The van der Waals surface area contributed by atoms with Crippen LogP contribution in [0.2, 0.25) is 0 Å². The lowest BCUT2D eigenvalue weighted by molar-refractivity contribution is -0.144. The first-order valence-corrected chi connectivity index (χ1v) is 5.25. The number of nitrogens with one attached hydrogen (secondary N) is 1. The molecule has 1 heterocycles. The van der Waals surface area contributed by atoms with Gasteiger partial charge in [-0.25, -0.2) is 9.67 Å². The van der Waals surface area contributed by atoms with Crippen molar-refractivity contribution in [2.45, 2.75) is 39.8 Å². The van der Waals surface area contributed by atoms with Crippen molar-refractivity contribution in [3.05, 3.63) is 11.6 Å². The third-order valence-corrected chi connectivity index (χ3v) is 2.47. The van der Waals surface area contributed by atoms with E-state index in [2.05, 4.69) is 15.4 Å². The highest BCUT2D eigenvalue weighted by Crippen LogP contribution is 2.09. The zero-order valence-electron chi connectivity index (χ0n) is 10.1. The standard InChI is InChI=1S/C10H18N4O2/c1-5-11-10(4,9(15)16)6-14-8(3)12-7(2)13-14/h11H,5-6H2,1-4H3,(H,15,16). The van der Waals surface area contributed by atoms with Gasteiger partial charge in [0.25, 0.3) is 0 Å². The maximum absolute atomic E-state index is 11.2. The molecule has 0 fully saturated rings. The molecule has 0 bridgehead atoms. The number of hydrogen-bond donors (Lipinski definition) is 2. The van der Waals surface area contributed by atoms with Crippen molar-refractivity contribution in [1.29, 1.82) is 0 Å². The molecule has 16 heavy (non-hydrogen) atoms. The van der Waals surface area contributed by atoms with Gasteiger partial charge in [0, 0.05) is 0 Å². The molecule has 2 N–H and O–H groups in total. The van der Waals surface area contributed by atoms with Crippen molar-refractivity contribution in [3.8, 4) is 0 Å². The van der Waals surface area contributed by atoms with Crippen LogP contribution in [0.25, 0.3) is 0 Å². The van der Waals surface area contributed by atoms with Gasteiger partial charge in [-0.05, 0) is 27.3 Å². The highest BCUT2D eigenvalue weighted by molar-refractivity contribution is 5.78. The Morgan fingerprint density at radius 3 is 2.56 bits per heavy atom. The van der Waals surface area contributed by atoms with Crippen LogP contribution in [0.4, 0.5) is 0 Å². The molecule has 0 amide bonds. The van der Waals surface area contributed by atoms with E-state index in [1.807, 2.05) is 13.8 Å². The number of carboxylic acids is 1. The largest absolute Gasteiger partial charge is 0.480 e. The third-order valence-electron chi connectivity index (χ3n) is 2.47. The smallest absolute Gasteiger partial charge is 0.325 e. The van der Waals surface area contributed by atoms with Crippen molar-refractivity contribution >= 4 is 5.97 Å². The first kappa shape index (κ1) is 12.6. The zero-order valence-corrected chi connectivity index (χ0v) is 10.1. The fraction of sp³-hybridized carbons (Fsp3) is 0.700. The monoisotopic (exact) mass is 226 g/mol. The number of carboxylic acid groups (broad SMARTS) is 1. The van der Waals surface area contributed by atoms with E-state index in [0.29, 0.717) is 12.4 Å². The van der Waals surface area contributed by atoms with Crippen LogP contribution < -0.4 is 5.32 Å². The number of aromatic nitrogens is 3. The first-order valence-electron chi connectivity index (χ1n) is 5.25. The van der Waals surface area contributed by atoms with Crippen molar-refractivity contribution in [2.24, 2.45) is 0 Å². The predicted molar refractivity (Wildman–Crippen MR) is 59.2 cm³/mol. The fourth-order valence-electron chi connectivity index (χ4n) is 1.60. The maximum Gasteiger partial charge on any atom is 0.325 e. The van der Waals surface area contributed by atoms with Gasteiger partial charge >= 0.3 is 5.97 Å². The molecule has 6 heteroatoms. The molecule has 0 saturated carbocycles. The van der Waals surface area contributed by atoms with Gasteiger partial charge in [-0.15, -0.1) is 0 Å². The molecule has 1 unspecified atom stereocenters. The Morgan fingerprint density at radius 2 is 2.19 bits per heavy atom. The summed E-state index contributed by atoms with van der Waals surface area (Å²) in [7, 11) is 0. The van der Waals surface area contributed by atoms with Crippen molar-refractivity contribution in [1.82, 2.24) is 20.1 Å². The van der Waals surface area contributed by atoms with E-state index in [0.717, 1.165) is 5.82 Å². The second-order valence-electron chi connectivity index (χ2n) is 4.03. The van der Waals surface area contributed by atoms with Crippen molar-refractivity contribution in [2.75, 3.05) is 6.54 Å². The molecule has 0 spiro atoms. The Bertz CT molecular complexity index is 388. The summed E-state index contributed by atoms with van der Waals surface area (Å²) in [6.45, 7) is 7.98. The Hall–Kier alpha value is -1.43. The van der Waals surface area contributed by atoms with Gasteiger partial charge in [-0.2, -0.15) is 5.10 Å². The van der Waals surface area contributed by atoms with Crippen LogP contribution in [0, 0.1) is 13.8 Å². The van der Waals surface area contributed by atoms with Crippen LogP contribution >= 0.6 is 0 Å². The molecule has 0 aliphatic carbocycles. The minimum absolute atomic E-state index is 0.267. The molecule has 0 aromatic carbocycles. The number of aliphatic carboxylic acids is 1. The minimum atomic E-state index is -1.01. The third kappa shape index (κ3) is 2.57. The molecule has 1 aromatic heterocycles. The highest BCUT2D eigenvalue weighted by atomic mass is 16.4. The zero-order chi connectivity index (χ0) is 12.3. The van der Waals surface area contributed by atoms with E-state index in [-0.39, 0.29) is 6.54 Å². The summed E-state index contributed by atoms with van der Waals surface area (Å²) in [6.07, 6.45) is 0. The van der Waals surface area contributed by atoms with Gasteiger partial charge in [-0.3, -0.25) is 4.79 Å². The Labute approximate surface area is 94.7 Å². The van der Waals surface area contributed by atoms with Gasteiger partial charge in [0.15, 0.2) is 0 Å². The fourth-order valence-corrected chi connectivity index (χ4v) is 1.60. The number of hydrogen-bond acceptors (Lipinski definition) is 4. The van der Waals surface area contributed by atoms with Crippen LogP contribution in [0.1, 0.15) is 25.5 Å². The lowest BCUT2D eigenvalue weighted by atomic mass is 10.0. The van der Waals surface area contributed by atoms with Gasteiger partial charge in [-0.1, -0.05) is 6.92 Å². The average Bonchev–Trinajstić information content (AvgIpc) is 2.45. The second-order valence-corrected chi connectivity index (χ2v) is 4.03. The summed E-state index contributed by atoms with van der Waals surface area (Å²) in [6, 6.07) is 0. The predicted octanol–water partition coefficient (Wildman–Crippen LogP) is 0.348. The Kier molecular flexibility index (Phi) is 3.64. The summed E-state index contributed by atoms with van der Waals surface area (Å²) in [4.78, 5) is 15.4. The van der Waals surface area contributed by atoms with Crippen LogP contribution in [-0.2, 0) is 11.3 Å². The topological polar surface area (TPSA) is 80.0 Å². The Morgan fingerprint density at radius 1 is 1.56 bits per heavy atom. The van der Waals surface area contributed by atoms with E-state index < -0.39 is 11.5 Å². The summed E-state index contributed by atoms with van der Waals surface area (Å²) >= 11 is 0. The van der Waals surface area contributed by atoms with E-state index in [9.17, 15) is 9.90 Å². The number of aryl methyl sites for hydroxylation is 2. The van der Waals surface area contributed by atoms with Gasteiger partial charge in [0.1, 0.15) is 17.2 Å². The first-order chi connectivity index (χ1) is 7.39. The second kappa shape index (κ2) is 4.61. The maximum atomic E-state index is 11.2. The van der Waals surface area contributed by atoms with Gasteiger partial charge in [0.05, 0.1) is 6.54 Å². The van der Waals surface area contributed by atoms with E-state index in [1.54, 1.807) is 18.5 Å². The molecule has 0 aliphatic heterocycles. The number of likely N-dealkylation sites (N-methyl/N-ethyl adjacent to an activating group) is 1. The molecule has 90 valence electrons. The highest BCUT2D eigenvalue weighted by Gasteiger charge is 2.33.